The van der Waals surface area contributed by atoms with Gasteiger partial charge in [0.15, 0.2) is 5.82 Å². The largest absolute Gasteiger partial charge is 0.455 e. The summed E-state index contributed by atoms with van der Waals surface area (Å²) in [4.78, 5) is 10.7. The first-order valence-electron chi connectivity index (χ1n) is 7.24. The van der Waals surface area contributed by atoms with Crippen LogP contribution in [0.4, 0.5) is 5.69 Å². The normalized spacial score (nSPS) is 11.3. The molecule has 128 valence electrons. The van der Waals surface area contributed by atoms with Gasteiger partial charge in [-0.05, 0) is 36.5 Å². The summed E-state index contributed by atoms with van der Waals surface area (Å²) in [5, 5.41) is 22.4. The van der Waals surface area contributed by atoms with Crippen LogP contribution in [0.3, 0.4) is 0 Å². The summed E-state index contributed by atoms with van der Waals surface area (Å²) in [5.74, 6) is 1.45. The predicted molar refractivity (Wildman–Crippen MR) is 95.6 cm³/mol. The molecule has 0 amide bonds. The van der Waals surface area contributed by atoms with E-state index in [1.54, 1.807) is 24.3 Å². The molecular weight excluding hydrogens is 366 g/mol. The first-order valence-corrected chi connectivity index (χ1v) is 8.03. The van der Waals surface area contributed by atoms with E-state index in [2.05, 4.69) is 15.3 Å². The van der Waals surface area contributed by atoms with E-state index >= 15 is 0 Å². The van der Waals surface area contributed by atoms with Crippen LogP contribution in [0.5, 0.6) is 0 Å². The van der Waals surface area contributed by atoms with Crippen molar-refractivity contribution in [1.82, 2.24) is 14.9 Å². The molecule has 1 N–H and O–H groups in total. The Bertz CT molecular complexity index is 1020. The van der Waals surface area contributed by atoms with Crippen molar-refractivity contribution < 1.29 is 9.34 Å². The van der Waals surface area contributed by atoms with Gasteiger partial charge in [0.05, 0.1) is 16.7 Å². The van der Waals surface area contributed by atoms with E-state index in [1.165, 1.54) is 17.0 Å². The summed E-state index contributed by atoms with van der Waals surface area (Å²) in [7, 11) is 0. The molecule has 1 aromatic carbocycles. The van der Waals surface area contributed by atoms with Crippen molar-refractivity contribution in [3.05, 3.63) is 61.8 Å². The van der Waals surface area contributed by atoms with Gasteiger partial charge < -0.3 is 4.42 Å². The molecule has 0 atom stereocenters. The molecule has 0 unspecified atom stereocenters. The Hall–Kier alpha value is -2.78. The number of nitrogens with zero attached hydrogens (tertiary/aromatic N) is 4. The number of nitrogens with one attached hydrogen (secondary N) is 1. The molecule has 10 heteroatoms. The van der Waals surface area contributed by atoms with Crippen LogP contribution in [0.2, 0.25) is 5.02 Å². The van der Waals surface area contributed by atoms with Crippen LogP contribution in [0.1, 0.15) is 18.5 Å². The Morgan fingerprint density at radius 1 is 1.48 bits per heavy atom. The fourth-order valence-electron chi connectivity index (χ4n) is 2.22. The first kappa shape index (κ1) is 17.1. The SMILES string of the molecule is CCc1n[nH]c(=S)n1/N=C\c1ccc(-c2ccc(Cl)cc2[N+](=O)[O-])o1. The summed E-state index contributed by atoms with van der Waals surface area (Å²) < 4.78 is 7.49. The number of nitro groups is 1. The highest BCUT2D eigenvalue weighted by atomic mass is 35.5. The Morgan fingerprint density at radius 2 is 2.28 bits per heavy atom. The molecule has 8 nitrogen and oxygen atoms in total. The van der Waals surface area contributed by atoms with E-state index in [1.807, 2.05) is 6.92 Å². The molecule has 0 bridgehead atoms. The average Bonchev–Trinajstić information content (AvgIpc) is 3.19. The number of benzene rings is 1. The van der Waals surface area contributed by atoms with Crippen molar-refractivity contribution in [2.75, 3.05) is 0 Å². The van der Waals surface area contributed by atoms with E-state index < -0.39 is 4.92 Å². The summed E-state index contributed by atoms with van der Waals surface area (Å²) in [5.41, 5.74) is 0.207. The number of aromatic amines is 1. The van der Waals surface area contributed by atoms with Gasteiger partial charge in [-0.25, -0.2) is 0 Å². The summed E-state index contributed by atoms with van der Waals surface area (Å²) in [6, 6.07) is 7.69. The van der Waals surface area contributed by atoms with Gasteiger partial charge in [-0.1, -0.05) is 18.5 Å². The Labute approximate surface area is 151 Å². The lowest BCUT2D eigenvalue weighted by Gasteiger charge is -2.00. The predicted octanol–water partition coefficient (Wildman–Crippen LogP) is 4.21. The maximum absolute atomic E-state index is 11.2. The van der Waals surface area contributed by atoms with Gasteiger partial charge in [-0.15, -0.1) is 0 Å². The molecule has 0 aliphatic carbocycles. The molecule has 0 spiro atoms. The zero-order chi connectivity index (χ0) is 18.0. The lowest BCUT2D eigenvalue weighted by atomic mass is 10.1. The van der Waals surface area contributed by atoms with E-state index in [9.17, 15) is 10.1 Å². The van der Waals surface area contributed by atoms with Crippen molar-refractivity contribution in [3.8, 4) is 11.3 Å². The van der Waals surface area contributed by atoms with Gasteiger partial charge in [0.2, 0.25) is 4.77 Å². The minimum atomic E-state index is -0.504. The molecule has 0 saturated heterocycles. The third kappa shape index (κ3) is 3.52. The van der Waals surface area contributed by atoms with Gasteiger partial charge in [-0.3, -0.25) is 15.2 Å². The molecule has 3 aromatic rings. The second-order valence-electron chi connectivity index (χ2n) is 4.98. The van der Waals surface area contributed by atoms with E-state index in [4.69, 9.17) is 28.2 Å². The fraction of sp³-hybridized carbons (Fsp3) is 0.133. The lowest BCUT2D eigenvalue weighted by molar-refractivity contribution is -0.384. The fourth-order valence-corrected chi connectivity index (χ4v) is 2.58. The number of aryl methyl sites for hydroxylation is 1. The highest BCUT2D eigenvalue weighted by molar-refractivity contribution is 7.71. The van der Waals surface area contributed by atoms with Crippen molar-refractivity contribution in [1.29, 1.82) is 0 Å². The van der Waals surface area contributed by atoms with Gasteiger partial charge in [0.1, 0.15) is 11.5 Å². The molecule has 0 fully saturated rings. The maximum Gasteiger partial charge on any atom is 0.281 e. The van der Waals surface area contributed by atoms with Crippen LogP contribution in [-0.2, 0) is 6.42 Å². The Kier molecular flexibility index (Phi) is 4.77. The second kappa shape index (κ2) is 6.99. The van der Waals surface area contributed by atoms with Gasteiger partial charge in [0, 0.05) is 17.5 Å². The minimum Gasteiger partial charge on any atom is -0.455 e. The van der Waals surface area contributed by atoms with Crippen LogP contribution < -0.4 is 0 Å². The number of aromatic nitrogens is 3. The van der Waals surface area contributed by atoms with Crippen molar-refractivity contribution in [2.45, 2.75) is 13.3 Å². The third-order valence-electron chi connectivity index (χ3n) is 3.38. The number of hydrogen-bond acceptors (Lipinski definition) is 6. The number of furan rings is 1. The molecule has 0 radical (unpaired) electrons. The van der Waals surface area contributed by atoms with Crippen molar-refractivity contribution >= 4 is 35.7 Å². The van der Waals surface area contributed by atoms with Crippen molar-refractivity contribution in [3.63, 3.8) is 0 Å². The molecule has 0 saturated carbocycles. The molecule has 0 aliphatic heterocycles. The van der Waals surface area contributed by atoms with E-state index in [0.717, 1.165) is 0 Å². The Morgan fingerprint density at radius 3 is 3.00 bits per heavy atom. The standard InChI is InChI=1S/C15H12ClN5O3S/c1-2-14-18-19-15(25)20(14)17-8-10-4-6-13(24-10)11-5-3-9(16)7-12(11)21(22)23/h3-8H,2H2,1H3,(H,19,25)/b17-8-. The highest BCUT2D eigenvalue weighted by Crippen LogP contribution is 2.33. The van der Waals surface area contributed by atoms with Crippen molar-refractivity contribution in [2.24, 2.45) is 5.10 Å². The lowest BCUT2D eigenvalue weighted by Crippen LogP contribution is -1.96. The van der Waals surface area contributed by atoms with Gasteiger partial charge >= 0.3 is 0 Å². The van der Waals surface area contributed by atoms with Crippen LogP contribution in [0.25, 0.3) is 11.3 Å². The molecular formula is C15H12ClN5O3S. The number of nitro benzene ring substituents is 1. The smallest absolute Gasteiger partial charge is 0.281 e. The Balaban J connectivity index is 1.94. The second-order valence-corrected chi connectivity index (χ2v) is 5.80. The third-order valence-corrected chi connectivity index (χ3v) is 3.88. The summed E-state index contributed by atoms with van der Waals surface area (Å²) in [6.07, 6.45) is 2.13. The van der Waals surface area contributed by atoms with Crippen LogP contribution in [-0.4, -0.2) is 26.0 Å². The first-order chi connectivity index (χ1) is 12.0. The summed E-state index contributed by atoms with van der Waals surface area (Å²) >= 11 is 10.9. The monoisotopic (exact) mass is 377 g/mol. The zero-order valence-electron chi connectivity index (χ0n) is 13.0. The molecule has 2 heterocycles. The number of rotatable bonds is 5. The van der Waals surface area contributed by atoms with E-state index in [0.29, 0.717) is 34.1 Å². The zero-order valence-corrected chi connectivity index (χ0v) is 14.5. The van der Waals surface area contributed by atoms with Crippen LogP contribution >= 0.6 is 23.8 Å². The highest BCUT2D eigenvalue weighted by Gasteiger charge is 2.18. The number of H-pyrrole nitrogens is 1. The molecule has 25 heavy (non-hydrogen) atoms. The van der Waals surface area contributed by atoms with Gasteiger partial charge in [-0.2, -0.15) is 14.9 Å². The molecule has 3 rings (SSSR count). The minimum absolute atomic E-state index is 0.129. The topological polar surface area (TPSA) is 102 Å². The van der Waals surface area contributed by atoms with Crippen LogP contribution in [0.15, 0.2) is 39.9 Å². The van der Waals surface area contributed by atoms with Gasteiger partial charge in [0.25, 0.3) is 5.69 Å². The average molecular weight is 378 g/mol. The maximum atomic E-state index is 11.2. The quantitative estimate of drug-likeness (QED) is 0.310. The number of halogens is 1. The molecule has 0 aliphatic rings. The summed E-state index contributed by atoms with van der Waals surface area (Å²) in [6.45, 7) is 1.93. The van der Waals surface area contributed by atoms with Crippen LogP contribution in [0, 0.1) is 14.9 Å². The van der Waals surface area contributed by atoms with E-state index in [-0.39, 0.29) is 10.7 Å². The molecule has 2 aromatic heterocycles. The number of hydrogen-bond donors (Lipinski definition) is 1.